The lowest BCUT2D eigenvalue weighted by Gasteiger charge is -2.15. The molecule has 13 heteroatoms. The van der Waals surface area contributed by atoms with E-state index in [0.29, 0.717) is 12.1 Å². The van der Waals surface area contributed by atoms with Crippen molar-refractivity contribution in [1.29, 1.82) is 5.41 Å². The average molecular weight is 444 g/mol. The van der Waals surface area contributed by atoms with Gasteiger partial charge in [-0.25, -0.2) is 9.75 Å². The highest BCUT2D eigenvalue weighted by Gasteiger charge is 2.34. The number of amidine groups is 1. The second-order valence-corrected chi connectivity index (χ2v) is 7.37. The molecule has 0 aliphatic rings. The predicted octanol–water partition coefficient (Wildman–Crippen LogP) is 3.34. The molecule has 27 heavy (non-hydrogen) atoms. The van der Waals surface area contributed by atoms with Crippen LogP contribution in [0.1, 0.15) is 11.3 Å². The van der Waals surface area contributed by atoms with Crippen molar-refractivity contribution in [3.8, 4) is 5.69 Å². The lowest BCUT2D eigenvalue weighted by molar-refractivity contribution is -0.137. The molecule has 148 valence electrons. The van der Waals surface area contributed by atoms with E-state index in [4.69, 9.17) is 39.2 Å². The molecule has 0 saturated carbocycles. The van der Waals surface area contributed by atoms with E-state index in [1.807, 2.05) is 0 Å². The van der Waals surface area contributed by atoms with Crippen molar-refractivity contribution in [1.82, 2.24) is 14.8 Å². The lowest BCUT2D eigenvalue weighted by Crippen LogP contribution is -2.27. The van der Waals surface area contributed by atoms with Gasteiger partial charge >= 0.3 is 6.18 Å². The Hall–Kier alpha value is -1.66. The summed E-state index contributed by atoms with van der Waals surface area (Å²) in [5.74, 6) is -0.448. The minimum Gasteiger partial charge on any atom is -0.611 e. The Morgan fingerprint density at radius 1 is 1.37 bits per heavy atom. The van der Waals surface area contributed by atoms with E-state index in [1.54, 1.807) is 0 Å². The molecular formula is C14H14Cl2F3N5O2S. The van der Waals surface area contributed by atoms with Crippen molar-refractivity contribution in [3.63, 3.8) is 0 Å². The summed E-state index contributed by atoms with van der Waals surface area (Å²) in [5.41, 5.74) is 4.72. The van der Waals surface area contributed by atoms with Crippen LogP contribution in [0, 0.1) is 5.41 Å². The van der Waals surface area contributed by atoms with E-state index in [1.165, 1.54) is 20.4 Å². The number of rotatable bonds is 4. The monoisotopic (exact) mass is 443 g/mol. The van der Waals surface area contributed by atoms with Gasteiger partial charge in [-0.2, -0.15) is 18.3 Å². The smallest absolute Gasteiger partial charge is 0.416 e. The molecule has 0 spiro atoms. The molecule has 0 saturated heterocycles. The van der Waals surface area contributed by atoms with Crippen LogP contribution in [0.5, 0.6) is 0 Å². The second kappa shape index (κ2) is 7.76. The van der Waals surface area contributed by atoms with Crippen LogP contribution < -0.4 is 5.73 Å². The summed E-state index contributed by atoms with van der Waals surface area (Å²) < 4.78 is 51.8. The van der Waals surface area contributed by atoms with Crippen molar-refractivity contribution >= 4 is 46.0 Å². The number of anilines is 1. The largest absolute Gasteiger partial charge is 0.611 e. The first-order valence-corrected chi connectivity index (χ1v) is 9.36. The number of nitrogen functional groups attached to an aromatic ring is 1. The third kappa shape index (κ3) is 4.11. The van der Waals surface area contributed by atoms with E-state index in [2.05, 4.69) is 5.10 Å². The van der Waals surface area contributed by atoms with Crippen LogP contribution in [0.3, 0.4) is 0 Å². The third-order valence-corrected chi connectivity index (χ3v) is 5.09. The highest BCUT2D eigenvalue weighted by Crippen LogP contribution is 2.39. The third-order valence-electron chi connectivity index (χ3n) is 3.53. The Morgan fingerprint density at radius 3 is 2.30 bits per heavy atom. The van der Waals surface area contributed by atoms with Crippen LogP contribution in [0.4, 0.5) is 19.0 Å². The molecular weight excluding hydrogens is 430 g/mol. The van der Waals surface area contributed by atoms with E-state index in [-0.39, 0.29) is 38.0 Å². The van der Waals surface area contributed by atoms with Crippen molar-refractivity contribution in [2.75, 3.05) is 26.1 Å². The second-order valence-electron chi connectivity index (χ2n) is 5.24. The standard InChI is InChI=1S/C14H14Cl2F3N5O2S/c1-23(26-2)12(20)9-11(27(3)25)13(21)24(22-9)10-7(15)4-6(5-8(10)16)14(17,18)19/h4-5,20H,21H2,1-3H3. The summed E-state index contributed by atoms with van der Waals surface area (Å²) >= 11 is 10.3. The highest BCUT2D eigenvalue weighted by atomic mass is 35.5. The van der Waals surface area contributed by atoms with Gasteiger partial charge in [-0.3, -0.25) is 10.2 Å². The summed E-state index contributed by atoms with van der Waals surface area (Å²) in [6, 6.07) is 1.36. The molecule has 1 aromatic carbocycles. The summed E-state index contributed by atoms with van der Waals surface area (Å²) in [4.78, 5) is 4.90. The zero-order chi connectivity index (χ0) is 20.7. The number of hydrogen-bond donors (Lipinski definition) is 2. The SMILES string of the molecule is CON(C)C(=N)c1nn(-c2c(Cl)cc(C(F)(F)F)cc2Cl)c(N)c1[S+](C)[O-]. The molecule has 0 aliphatic carbocycles. The topological polar surface area (TPSA) is 103 Å². The molecule has 0 amide bonds. The average Bonchev–Trinajstić information content (AvgIpc) is 2.89. The number of nitrogens with one attached hydrogen (secondary N) is 1. The van der Waals surface area contributed by atoms with Crippen LogP contribution in [0.25, 0.3) is 5.69 Å². The first kappa shape index (κ1) is 21.6. The lowest BCUT2D eigenvalue weighted by atomic mass is 10.2. The van der Waals surface area contributed by atoms with E-state index < -0.39 is 22.9 Å². The molecule has 2 aromatic rings. The minimum atomic E-state index is -4.65. The van der Waals surface area contributed by atoms with Gasteiger partial charge in [0.1, 0.15) is 11.9 Å². The molecule has 0 aliphatic heterocycles. The molecule has 1 unspecified atom stereocenters. The number of hydroxylamine groups is 2. The number of nitrogens with two attached hydrogens (primary N) is 1. The van der Waals surface area contributed by atoms with Gasteiger partial charge in [-0.15, -0.1) is 0 Å². The summed E-state index contributed by atoms with van der Waals surface area (Å²) in [6.07, 6.45) is -3.33. The number of alkyl halides is 3. The predicted molar refractivity (Wildman–Crippen MR) is 96.9 cm³/mol. The first-order chi connectivity index (χ1) is 12.4. The maximum absolute atomic E-state index is 12.9. The van der Waals surface area contributed by atoms with Gasteiger partial charge in [0.2, 0.25) is 4.90 Å². The summed E-state index contributed by atoms with van der Waals surface area (Å²) in [7, 11) is 2.72. The first-order valence-electron chi connectivity index (χ1n) is 7.05. The Bertz CT molecular complexity index is 865. The number of halogens is 5. The van der Waals surface area contributed by atoms with E-state index >= 15 is 0 Å². The van der Waals surface area contributed by atoms with Crippen LogP contribution in [0.15, 0.2) is 17.0 Å². The quantitative estimate of drug-likeness (QED) is 0.326. The van der Waals surface area contributed by atoms with Crippen molar-refractivity contribution in [3.05, 3.63) is 33.4 Å². The van der Waals surface area contributed by atoms with E-state index in [0.717, 1.165) is 9.75 Å². The Morgan fingerprint density at radius 2 is 1.89 bits per heavy atom. The zero-order valence-corrected chi connectivity index (χ0v) is 16.5. The van der Waals surface area contributed by atoms with Gasteiger partial charge in [0.15, 0.2) is 17.3 Å². The minimum absolute atomic E-state index is 0.00377. The Balaban J connectivity index is 2.72. The molecule has 7 nitrogen and oxygen atoms in total. The zero-order valence-electron chi connectivity index (χ0n) is 14.2. The van der Waals surface area contributed by atoms with Crippen LogP contribution in [-0.2, 0) is 22.2 Å². The summed E-state index contributed by atoms with van der Waals surface area (Å²) in [5, 5.41) is 12.5. The maximum atomic E-state index is 12.9. The number of benzene rings is 1. The molecule has 3 N–H and O–H groups in total. The van der Waals surface area contributed by atoms with Crippen LogP contribution in [0.2, 0.25) is 10.0 Å². The van der Waals surface area contributed by atoms with Crippen LogP contribution >= 0.6 is 23.2 Å². The van der Waals surface area contributed by atoms with Gasteiger partial charge in [0.05, 0.1) is 22.7 Å². The molecule has 0 fully saturated rings. The fraction of sp³-hybridized carbons (Fsp3) is 0.286. The van der Waals surface area contributed by atoms with Gasteiger partial charge < -0.3 is 10.3 Å². The fourth-order valence-electron chi connectivity index (χ4n) is 2.20. The normalized spacial score (nSPS) is 12.9. The Labute approximate surface area is 165 Å². The van der Waals surface area contributed by atoms with Gasteiger partial charge in [0.25, 0.3) is 0 Å². The molecule has 0 radical (unpaired) electrons. The van der Waals surface area contributed by atoms with E-state index in [9.17, 15) is 17.7 Å². The number of hydrogen-bond acceptors (Lipinski definition) is 5. The highest BCUT2D eigenvalue weighted by molar-refractivity contribution is 7.91. The molecule has 0 bridgehead atoms. The number of aromatic nitrogens is 2. The van der Waals surface area contributed by atoms with Crippen molar-refractivity contribution < 1.29 is 22.6 Å². The van der Waals surface area contributed by atoms with Gasteiger partial charge in [0, 0.05) is 7.05 Å². The van der Waals surface area contributed by atoms with Crippen molar-refractivity contribution in [2.45, 2.75) is 11.1 Å². The molecule has 1 atom stereocenters. The van der Waals surface area contributed by atoms with Crippen LogP contribution in [-0.4, -0.2) is 45.6 Å². The molecule has 1 heterocycles. The fourth-order valence-corrected chi connectivity index (χ4v) is 3.64. The molecule has 1 aromatic heterocycles. The Kier molecular flexibility index (Phi) is 6.22. The van der Waals surface area contributed by atoms with Gasteiger partial charge in [-0.05, 0) is 23.3 Å². The molecule has 2 rings (SSSR count). The maximum Gasteiger partial charge on any atom is 0.416 e. The van der Waals surface area contributed by atoms with Crippen molar-refractivity contribution in [2.24, 2.45) is 0 Å². The van der Waals surface area contributed by atoms with Gasteiger partial charge in [-0.1, -0.05) is 23.2 Å². The summed E-state index contributed by atoms with van der Waals surface area (Å²) in [6.45, 7) is 0. The number of nitrogens with zero attached hydrogens (tertiary/aromatic N) is 3.